The number of anilines is 1. The molecular formula is C13H19BrFN. The van der Waals surface area contributed by atoms with Crippen molar-refractivity contribution in [3.8, 4) is 0 Å². The first-order chi connectivity index (χ1) is 7.65. The molecule has 0 bridgehead atoms. The van der Waals surface area contributed by atoms with Gasteiger partial charge in [0.05, 0.1) is 0 Å². The summed E-state index contributed by atoms with van der Waals surface area (Å²) in [4.78, 5) is 2.18. The Morgan fingerprint density at radius 3 is 2.44 bits per heavy atom. The van der Waals surface area contributed by atoms with Crippen LogP contribution in [0.4, 0.5) is 10.1 Å². The van der Waals surface area contributed by atoms with E-state index in [-0.39, 0.29) is 5.82 Å². The van der Waals surface area contributed by atoms with Crippen LogP contribution in [0, 0.1) is 5.82 Å². The second-order valence-electron chi connectivity index (χ2n) is 3.95. The van der Waals surface area contributed by atoms with Crippen LogP contribution < -0.4 is 4.90 Å². The van der Waals surface area contributed by atoms with Crippen LogP contribution in [-0.2, 0) is 5.33 Å². The molecular weight excluding hydrogens is 269 g/mol. The van der Waals surface area contributed by atoms with Crippen LogP contribution in [0.2, 0.25) is 0 Å². The molecule has 0 aliphatic carbocycles. The topological polar surface area (TPSA) is 3.24 Å². The molecule has 0 saturated heterocycles. The van der Waals surface area contributed by atoms with Crippen molar-refractivity contribution in [1.82, 2.24) is 0 Å². The maximum absolute atomic E-state index is 13.6. The lowest BCUT2D eigenvalue weighted by Gasteiger charge is -2.30. The molecule has 0 fully saturated rings. The normalized spacial score (nSPS) is 10.9. The van der Waals surface area contributed by atoms with E-state index < -0.39 is 0 Å². The average molecular weight is 288 g/mol. The Labute approximate surface area is 106 Å². The van der Waals surface area contributed by atoms with Crippen molar-refractivity contribution in [2.45, 2.75) is 38.1 Å². The minimum Gasteiger partial charge on any atom is -0.371 e. The molecule has 1 aromatic carbocycles. The van der Waals surface area contributed by atoms with E-state index in [1.165, 1.54) is 6.07 Å². The second-order valence-corrected chi connectivity index (χ2v) is 4.51. The standard InChI is InChI=1S/C13H19BrFN/c1-4-10(5-2)16(3)13-8-6-7-12(15)11(13)9-14/h6-8,10H,4-5,9H2,1-3H3. The highest BCUT2D eigenvalue weighted by molar-refractivity contribution is 9.08. The Morgan fingerprint density at radius 1 is 1.31 bits per heavy atom. The molecule has 0 spiro atoms. The zero-order chi connectivity index (χ0) is 12.1. The lowest BCUT2D eigenvalue weighted by atomic mass is 10.1. The van der Waals surface area contributed by atoms with Crippen LogP contribution in [0.25, 0.3) is 0 Å². The molecule has 0 heterocycles. The molecule has 0 aliphatic heterocycles. The molecule has 0 amide bonds. The average Bonchev–Trinajstić information content (AvgIpc) is 2.30. The van der Waals surface area contributed by atoms with Gasteiger partial charge in [-0.3, -0.25) is 0 Å². The first-order valence-corrected chi connectivity index (χ1v) is 6.84. The van der Waals surface area contributed by atoms with Crippen molar-refractivity contribution in [3.63, 3.8) is 0 Å². The molecule has 90 valence electrons. The fraction of sp³-hybridized carbons (Fsp3) is 0.538. The Balaban J connectivity index is 3.07. The van der Waals surface area contributed by atoms with Gasteiger partial charge in [-0.25, -0.2) is 4.39 Å². The molecule has 16 heavy (non-hydrogen) atoms. The third-order valence-corrected chi connectivity index (χ3v) is 3.66. The highest BCUT2D eigenvalue weighted by atomic mass is 79.9. The van der Waals surface area contributed by atoms with Gasteiger partial charge in [-0.2, -0.15) is 0 Å². The van der Waals surface area contributed by atoms with Gasteiger partial charge in [0.25, 0.3) is 0 Å². The van der Waals surface area contributed by atoms with Crippen LogP contribution in [0.15, 0.2) is 18.2 Å². The third kappa shape index (κ3) is 2.76. The summed E-state index contributed by atoms with van der Waals surface area (Å²) in [7, 11) is 2.04. The number of nitrogens with zero attached hydrogens (tertiary/aromatic N) is 1. The molecule has 1 nitrogen and oxygen atoms in total. The van der Waals surface area contributed by atoms with Crippen molar-refractivity contribution >= 4 is 21.6 Å². The van der Waals surface area contributed by atoms with Crippen molar-refractivity contribution < 1.29 is 4.39 Å². The minimum atomic E-state index is -0.132. The number of alkyl halides is 1. The van der Waals surface area contributed by atoms with Crippen LogP contribution in [0.1, 0.15) is 32.3 Å². The fourth-order valence-electron chi connectivity index (χ4n) is 2.04. The number of hydrogen-bond acceptors (Lipinski definition) is 1. The number of halogens is 2. The minimum absolute atomic E-state index is 0.132. The van der Waals surface area contributed by atoms with E-state index in [0.29, 0.717) is 11.4 Å². The molecule has 0 N–H and O–H groups in total. The van der Waals surface area contributed by atoms with E-state index in [0.717, 1.165) is 24.1 Å². The molecule has 1 rings (SSSR count). The van der Waals surface area contributed by atoms with Gasteiger partial charge in [0.15, 0.2) is 0 Å². The zero-order valence-electron chi connectivity index (χ0n) is 10.1. The van der Waals surface area contributed by atoms with Gasteiger partial charge in [-0.05, 0) is 25.0 Å². The first-order valence-electron chi connectivity index (χ1n) is 5.71. The van der Waals surface area contributed by atoms with Gasteiger partial charge >= 0.3 is 0 Å². The Kier molecular flexibility index (Phi) is 5.26. The summed E-state index contributed by atoms with van der Waals surface area (Å²) in [5.41, 5.74) is 1.74. The van der Waals surface area contributed by atoms with Crippen LogP contribution >= 0.6 is 15.9 Å². The Morgan fingerprint density at radius 2 is 1.94 bits per heavy atom. The van der Waals surface area contributed by atoms with Crippen LogP contribution in [0.5, 0.6) is 0 Å². The van der Waals surface area contributed by atoms with E-state index in [4.69, 9.17) is 0 Å². The highest BCUT2D eigenvalue weighted by Crippen LogP contribution is 2.27. The Bertz CT molecular complexity index is 337. The largest absolute Gasteiger partial charge is 0.371 e. The van der Waals surface area contributed by atoms with Gasteiger partial charge in [-0.1, -0.05) is 35.8 Å². The molecule has 3 heteroatoms. The van der Waals surface area contributed by atoms with E-state index >= 15 is 0 Å². The summed E-state index contributed by atoms with van der Waals surface area (Å²) in [5, 5.41) is 0.555. The zero-order valence-corrected chi connectivity index (χ0v) is 11.7. The summed E-state index contributed by atoms with van der Waals surface area (Å²) in [6.45, 7) is 4.33. The lowest BCUT2D eigenvalue weighted by molar-refractivity contribution is 0.582. The van der Waals surface area contributed by atoms with Crippen molar-refractivity contribution in [1.29, 1.82) is 0 Å². The van der Waals surface area contributed by atoms with Crippen LogP contribution in [-0.4, -0.2) is 13.1 Å². The number of benzene rings is 1. The molecule has 1 aromatic rings. The van der Waals surface area contributed by atoms with E-state index in [1.807, 2.05) is 13.1 Å². The second kappa shape index (κ2) is 6.24. The molecule has 0 radical (unpaired) electrons. The quantitative estimate of drug-likeness (QED) is 0.728. The lowest BCUT2D eigenvalue weighted by Crippen LogP contribution is -2.31. The summed E-state index contributed by atoms with van der Waals surface area (Å²) in [5.74, 6) is -0.132. The molecule has 0 saturated carbocycles. The van der Waals surface area contributed by atoms with Crippen molar-refractivity contribution in [3.05, 3.63) is 29.6 Å². The van der Waals surface area contributed by atoms with E-state index in [1.54, 1.807) is 6.07 Å². The first kappa shape index (κ1) is 13.5. The highest BCUT2D eigenvalue weighted by Gasteiger charge is 2.16. The summed E-state index contributed by atoms with van der Waals surface area (Å²) >= 11 is 3.35. The maximum Gasteiger partial charge on any atom is 0.129 e. The smallest absolute Gasteiger partial charge is 0.129 e. The predicted octanol–water partition coefficient (Wildman–Crippen LogP) is 4.35. The van der Waals surface area contributed by atoms with Crippen molar-refractivity contribution in [2.24, 2.45) is 0 Å². The SMILES string of the molecule is CCC(CC)N(C)c1cccc(F)c1CBr. The maximum atomic E-state index is 13.6. The molecule has 0 aliphatic rings. The number of rotatable bonds is 5. The van der Waals surface area contributed by atoms with Gasteiger partial charge < -0.3 is 4.90 Å². The third-order valence-electron chi connectivity index (χ3n) is 3.10. The van der Waals surface area contributed by atoms with Gasteiger partial charge in [0.2, 0.25) is 0 Å². The van der Waals surface area contributed by atoms with Crippen LogP contribution in [0.3, 0.4) is 0 Å². The molecule has 0 unspecified atom stereocenters. The van der Waals surface area contributed by atoms with Crippen molar-refractivity contribution in [2.75, 3.05) is 11.9 Å². The summed E-state index contributed by atoms with van der Waals surface area (Å²) in [6, 6.07) is 5.74. The van der Waals surface area contributed by atoms with E-state index in [9.17, 15) is 4.39 Å². The Hall–Kier alpha value is -0.570. The summed E-state index contributed by atoms with van der Waals surface area (Å²) < 4.78 is 13.6. The predicted molar refractivity (Wildman–Crippen MR) is 71.8 cm³/mol. The van der Waals surface area contributed by atoms with E-state index in [2.05, 4.69) is 34.7 Å². The van der Waals surface area contributed by atoms with Gasteiger partial charge in [-0.15, -0.1) is 0 Å². The number of hydrogen-bond donors (Lipinski definition) is 0. The fourth-order valence-corrected chi connectivity index (χ4v) is 2.60. The van der Waals surface area contributed by atoms with Gasteiger partial charge in [0.1, 0.15) is 5.82 Å². The van der Waals surface area contributed by atoms with Gasteiger partial charge in [0, 0.05) is 29.7 Å². The molecule has 0 aromatic heterocycles. The molecule has 0 atom stereocenters. The summed E-state index contributed by atoms with van der Waals surface area (Å²) in [6.07, 6.45) is 2.15. The monoisotopic (exact) mass is 287 g/mol.